The molecular formula is C21H20N2O4. The number of aromatic nitrogens is 2. The van der Waals surface area contributed by atoms with Gasteiger partial charge in [-0.05, 0) is 45.0 Å². The lowest BCUT2D eigenvalue weighted by atomic mass is 10.2. The van der Waals surface area contributed by atoms with Crippen LogP contribution in [0.3, 0.4) is 0 Å². The smallest absolute Gasteiger partial charge is 0.357 e. The maximum atomic E-state index is 12.2. The Morgan fingerprint density at radius 1 is 0.852 bits per heavy atom. The van der Waals surface area contributed by atoms with E-state index in [-0.39, 0.29) is 11.6 Å². The number of hydrogen-bond acceptors (Lipinski definition) is 6. The molecule has 3 rings (SSSR count). The number of rotatable bonds is 5. The Kier molecular flexibility index (Phi) is 5.35. The van der Waals surface area contributed by atoms with Gasteiger partial charge in [-0.2, -0.15) is 0 Å². The summed E-state index contributed by atoms with van der Waals surface area (Å²) < 4.78 is 16.8. The van der Waals surface area contributed by atoms with Crippen LogP contribution in [0.4, 0.5) is 0 Å². The summed E-state index contributed by atoms with van der Waals surface area (Å²) in [5.41, 5.74) is -0.407. The minimum absolute atomic E-state index is 0.184. The molecule has 1 aromatic carbocycles. The van der Waals surface area contributed by atoms with Gasteiger partial charge in [0.05, 0.1) is 0 Å². The third kappa shape index (κ3) is 5.54. The predicted octanol–water partition coefficient (Wildman–Crippen LogP) is 5.02. The summed E-state index contributed by atoms with van der Waals surface area (Å²) in [6, 6.07) is 17.4. The average Bonchev–Trinajstić information content (AvgIpc) is 2.62. The second-order valence-corrected chi connectivity index (χ2v) is 6.71. The fourth-order valence-corrected chi connectivity index (χ4v) is 2.17. The molecule has 0 radical (unpaired) electrons. The first-order chi connectivity index (χ1) is 12.9. The van der Waals surface area contributed by atoms with Crippen molar-refractivity contribution in [1.82, 2.24) is 9.97 Å². The molecule has 2 heterocycles. The van der Waals surface area contributed by atoms with E-state index in [0.717, 1.165) is 0 Å². The standard InChI is InChI=1S/C21H20N2O4/c1-21(2,3)27-20(24)17-10-7-12-19(23-17)26-16-9-6-8-15(14-16)25-18-11-4-5-13-22-18/h4-14H,1-3H3. The summed E-state index contributed by atoms with van der Waals surface area (Å²) in [6.45, 7) is 5.41. The topological polar surface area (TPSA) is 70.5 Å². The number of carbonyl (C=O) groups excluding carboxylic acids is 1. The average molecular weight is 364 g/mol. The van der Waals surface area contributed by atoms with Crippen molar-refractivity contribution in [2.75, 3.05) is 0 Å². The number of carbonyl (C=O) groups is 1. The SMILES string of the molecule is CC(C)(C)OC(=O)c1cccc(Oc2cccc(Oc3ccccn3)c2)n1. The zero-order valence-electron chi connectivity index (χ0n) is 15.4. The number of benzene rings is 1. The van der Waals surface area contributed by atoms with E-state index in [4.69, 9.17) is 14.2 Å². The molecule has 0 saturated heterocycles. The second-order valence-electron chi connectivity index (χ2n) is 6.71. The summed E-state index contributed by atoms with van der Waals surface area (Å²) in [4.78, 5) is 20.5. The number of nitrogens with zero attached hydrogens (tertiary/aromatic N) is 2. The van der Waals surface area contributed by atoms with E-state index in [1.807, 2.05) is 12.1 Å². The molecule has 0 unspecified atom stereocenters. The van der Waals surface area contributed by atoms with Gasteiger partial charge in [0.15, 0.2) is 5.69 Å². The van der Waals surface area contributed by atoms with Crippen LogP contribution in [0.1, 0.15) is 31.3 Å². The molecule has 2 aromatic heterocycles. The fourth-order valence-electron chi connectivity index (χ4n) is 2.17. The zero-order chi connectivity index (χ0) is 19.3. The summed E-state index contributed by atoms with van der Waals surface area (Å²) in [6.07, 6.45) is 1.65. The molecule has 0 N–H and O–H groups in total. The Balaban J connectivity index is 1.73. The zero-order valence-corrected chi connectivity index (χ0v) is 15.4. The number of esters is 1. The van der Waals surface area contributed by atoms with Crippen LogP contribution < -0.4 is 9.47 Å². The van der Waals surface area contributed by atoms with E-state index in [9.17, 15) is 4.79 Å². The van der Waals surface area contributed by atoms with Gasteiger partial charge < -0.3 is 14.2 Å². The summed E-state index contributed by atoms with van der Waals surface area (Å²) >= 11 is 0. The lowest BCUT2D eigenvalue weighted by molar-refractivity contribution is 0.00621. The summed E-state index contributed by atoms with van der Waals surface area (Å²) in [5.74, 6) is 1.37. The highest BCUT2D eigenvalue weighted by molar-refractivity contribution is 5.87. The van der Waals surface area contributed by atoms with Gasteiger partial charge in [0, 0.05) is 24.4 Å². The van der Waals surface area contributed by atoms with E-state index in [1.54, 1.807) is 75.5 Å². The Morgan fingerprint density at radius 2 is 1.52 bits per heavy atom. The van der Waals surface area contributed by atoms with Crippen LogP contribution in [0.15, 0.2) is 66.9 Å². The van der Waals surface area contributed by atoms with Crippen molar-refractivity contribution in [2.24, 2.45) is 0 Å². The van der Waals surface area contributed by atoms with Crippen LogP contribution in [-0.4, -0.2) is 21.5 Å². The first-order valence-corrected chi connectivity index (χ1v) is 8.46. The van der Waals surface area contributed by atoms with E-state index in [2.05, 4.69) is 9.97 Å². The van der Waals surface area contributed by atoms with Crippen LogP contribution in [0.2, 0.25) is 0 Å². The van der Waals surface area contributed by atoms with E-state index < -0.39 is 11.6 Å². The van der Waals surface area contributed by atoms with E-state index >= 15 is 0 Å². The van der Waals surface area contributed by atoms with E-state index in [1.165, 1.54) is 0 Å². The van der Waals surface area contributed by atoms with Gasteiger partial charge in [-0.3, -0.25) is 0 Å². The van der Waals surface area contributed by atoms with Crippen molar-refractivity contribution >= 4 is 5.97 Å². The minimum atomic E-state index is -0.591. The van der Waals surface area contributed by atoms with E-state index in [0.29, 0.717) is 17.4 Å². The lowest BCUT2D eigenvalue weighted by Gasteiger charge is -2.19. The van der Waals surface area contributed by atoms with Gasteiger partial charge in [0.25, 0.3) is 0 Å². The molecule has 0 aliphatic rings. The largest absolute Gasteiger partial charge is 0.455 e. The molecule has 6 nitrogen and oxygen atoms in total. The molecule has 0 aliphatic heterocycles. The highest BCUT2D eigenvalue weighted by Gasteiger charge is 2.19. The molecular weight excluding hydrogens is 344 g/mol. The fraction of sp³-hybridized carbons (Fsp3) is 0.190. The molecule has 0 bridgehead atoms. The molecule has 0 amide bonds. The van der Waals surface area contributed by atoms with Gasteiger partial charge in [0.1, 0.15) is 17.1 Å². The Labute approximate surface area is 157 Å². The maximum Gasteiger partial charge on any atom is 0.357 e. The van der Waals surface area contributed by atoms with Crippen LogP contribution in [0, 0.1) is 0 Å². The van der Waals surface area contributed by atoms with Crippen LogP contribution >= 0.6 is 0 Å². The van der Waals surface area contributed by atoms with Crippen molar-refractivity contribution in [2.45, 2.75) is 26.4 Å². The second kappa shape index (κ2) is 7.86. The van der Waals surface area contributed by atoms with Crippen molar-refractivity contribution in [1.29, 1.82) is 0 Å². The molecule has 27 heavy (non-hydrogen) atoms. The van der Waals surface area contributed by atoms with Crippen LogP contribution in [0.5, 0.6) is 23.3 Å². The molecule has 6 heteroatoms. The summed E-state index contributed by atoms with van der Waals surface area (Å²) in [5, 5.41) is 0. The van der Waals surface area contributed by atoms with Crippen LogP contribution in [-0.2, 0) is 4.74 Å². The Bertz CT molecular complexity index is 921. The molecule has 3 aromatic rings. The van der Waals surface area contributed by atoms with Crippen LogP contribution in [0.25, 0.3) is 0 Å². The van der Waals surface area contributed by atoms with Crippen molar-refractivity contribution in [3.8, 4) is 23.3 Å². The summed E-state index contributed by atoms with van der Waals surface area (Å²) in [7, 11) is 0. The highest BCUT2D eigenvalue weighted by atomic mass is 16.6. The van der Waals surface area contributed by atoms with Gasteiger partial charge in [-0.15, -0.1) is 0 Å². The van der Waals surface area contributed by atoms with Crippen molar-refractivity contribution in [3.63, 3.8) is 0 Å². The molecule has 0 fully saturated rings. The minimum Gasteiger partial charge on any atom is -0.455 e. The first-order valence-electron chi connectivity index (χ1n) is 8.46. The van der Waals surface area contributed by atoms with Gasteiger partial charge in [-0.25, -0.2) is 14.8 Å². The monoisotopic (exact) mass is 364 g/mol. The normalized spacial score (nSPS) is 10.9. The Hall–Kier alpha value is -3.41. The number of pyridine rings is 2. The highest BCUT2D eigenvalue weighted by Crippen LogP contribution is 2.27. The van der Waals surface area contributed by atoms with Gasteiger partial charge >= 0.3 is 5.97 Å². The molecule has 0 saturated carbocycles. The third-order valence-electron chi connectivity index (χ3n) is 3.22. The third-order valence-corrected chi connectivity index (χ3v) is 3.22. The lowest BCUT2D eigenvalue weighted by Crippen LogP contribution is -2.24. The predicted molar refractivity (Wildman–Crippen MR) is 100 cm³/mol. The number of ether oxygens (including phenoxy) is 3. The Morgan fingerprint density at radius 3 is 2.19 bits per heavy atom. The van der Waals surface area contributed by atoms with Crippen molar-refractivity contribution < 1.29 is 19.0 Å². The van der Waals surface area contributed by atoms with Crippen molar-refractivity contribution in [3.05, 3.63) is 72.6 Å². The molecule has 0 aliphatic carbocycles. The van der Waals surface area contributed by atoms with Gasteiger partial charge in [-0.1, -0.05) is 18.2 Å². The molecule has 0 atom stereocenters. The molecule has 0 spiro atoms. The first kappa shape index (κ1) is 18.4. The quantitative estimate of drug-likeness (QED) is 0.592. The molecule has 138 valence electrons. The van der Waals surface area contributed by atoms with Gasteiger partial charge in [0.2, 0.25) is 11.8 Å². The number of hydrogen-bond donors (Lipinski definition) is 0. The maximum absolute atomic E-state index is 12.2.